The van der Waals surface area contributed by atoms with Crippen molar-refractivity contribution in [3.63, 3.8) is 0 Å². The fraction of sp³-hybridized carbons (Fsp3) is 0.100. The Morgan fingerprint density at radius 1 is 1.53 bits per heavy atom. The first-order valence-corrected chi connectivity index (χ1v) is 6.61. The first kappa shape index (κ1) is 12.2. The standard InChI is InChI=1S/C10H10N2O3S2/c1-12(15-17(13)14)9-4-2-3-8(5-9)10-6-16-7-11-10/h2-7H,1H3,(H,13,14)/p-1. The molecule has 1 aromatic heterocycles. The molecule has 2 aromatic rings. The molecule has 2 rings (SSSR count). The van der Waals surface area contributed by atoms with Gasteiger partial charge in [-0.25, -0.2) is 14.3 Å². The Bertz CT molecular complexity index is 516. The zero-order valence-electron chi connectivity index (χ0n) is 8.90. The van der Waals surface area contributed by atoms with Crippen LogP contribution in [0.1, 0.15) is 0 Å². The SMILES string of the molecule is CN(OS(=O)[O-])c1cccc(-c2cscn2)c1. The first-order chi connectivity index (χ1) is 8.16. The quantitative estimate of drug-likeness (QED) is 0.627. The normalized spacial score (nSPS) is 12.4. The summed E-state index contributed by atoms with van der Waals surface area (Å²) in [4.78, 5) is 4.19. The number of nitrogens with zero attached hydrogens (tertiary/aromatic N) is 2. The molecule has 0 fully saturated rings. The van der Waals surface area contributed by atoms with Gasteiger partial charge in [0.2, 0.25) is 0 Å². The molecule has 0 radical (unpaired) electrons. The highest BCUT2D eigenvalue weighted by Crippen LogP contribution is 2.24. The van der Waals surface area contributed by atoms with Gasteiger partial charge >= 0.3 is 0 Å². The molecular weight excluding hydrogens is 260 g/mol. The van der Waals surface area contributed by atoms with Crippen molar-refractivity contribution in [2.45, 2.75) is 0 Å². The highest BCUT2D eigenvalue weighted by molar-refractivity contribution is 7.74. The van der Waals surface area contributed by atoms with Gasteiger partial charge in [-0.1, -0.05) is 12.1 Å². The van der Waals surface area contributed by atoms with Crippen molar-refractivity contribution in [1.82, 2.24) is 4.98 Å². The number of thiazole rings is 1. The Morgan fingerprint density at radius 3 is 3.00 bits per heavy atom. The van der Waals surface area contributed by atoms with E-state index in [2.05, 4.69) is 9.27 Å². The fourth-order valence-electron chi connectivity index (χ4n) is 1.35. The van der Waals surface area contributed by atoms with E-state index in [0.29, 0.717) is 5.69 Å². The van der Waals surface area contributed by atoms with Crippen molar-refractivity contribution >= 4 is 28.4 Å². The van der Waals surface area contributed by atoms with Crippen molar-refractivity contribution < 1.29 is 13.0 Å². The molecule has 0 N–H and O–H groups in total. The van der Waals surface area contributed by atoms with Crippen LogP contribution in [0.15, 0.2) is 35.2 Å². The van der Waals surface area contributed by atoms with Crippen LogP contribution < -0.4 is 5.06 Å². The van der Waals surface area contributed by atoms with Crippen LogP contribution in [0.4, 0.5) is 5.69 Å². The fourth-order valence-corrected chi connectivity index (χ4v) is 2.18. The Morgan fingerprint density at radius 2 is 2.35 bits per heavy atom. The summed E-state index contributed by atoms with van der Waals surface area (Å²) >= 11 is -1.07. The molecule has 1 atom stereocenters. The molecule has 0 amide bonds. The van der Waals surface area contributed by atoms with E-state index in [-0.39, 0.29) is 0 Å². The Labute approximate surface area is 105 Å². The summed E-state index contributed by atoms with van der Waals surface area (Å²) in [6.45, 7) is 0. The monoisotopic (exact) mass is 269 g/mol. The van der Waals surface area contributed by atoms with Gasteiger partial charge in [0, 0.05) is 18.0 Å². The maximum Gasteiger partial charge on any atom is 0.112 e. The van der Waals surface area contributed by atoms with Crippen LogP contribution in [0.3, 0.4) is 0 Å². The molecular formula is C10H9N2O3S2-. The minimum Gasteiger partial charge on any atom is -0.748 e. The van der Waals surface area contributed by atoms with Crippen molar-refractivity contribution in [1.29, 1.82) is 0 Å². The number of aromatic nitrogens is 1. The molecule has 5 nitrogen and oxygen atoms in total. The number of hydrogen-bond acceptors (Lipinski definition) is 6. The van der Waals surface area contributed by atoms with E-state index in [4.69, 9.17) is 0 Å². The van der Waals surface area contributed by atoms with Crippen LogP contribution >= 0.6 is 11.3 Å². The Kier molecular flexibility index (Phi) is 3.85. The van der Waals surface area contributed by atoms with Gasteiger partial charge in [-0.05, 0) is 12.1 Å². The van der Waals surface area contributed by atoms with Gasteiger partial charge in [-0.15, -0.1) is 11.3 Å². The zero-order chi connectivity index (χ0) is 12.3. The molecule has 1 unspecified atom stereocenters. The molecule has 1 aromatic carbocycles. The molecule has 1 heterocycles. The third-order valence-electron chi connectivity index (χ3n) is 2.11. The van der Waals surface area contributed by atoms with E-state index in [1.807, 2.05) is 23.6 Å². The van der Waals surface area contributed by atoms with Crippen LogP contribution in [0, 0.1) is 0 Å². The minimum atomic E-state index is -2.58. The third-order valence-corrected chi connectivity index (χ3v) is 3.04. The average Bonchev–Trinajstić information content (AvgIpc) is 2.82. The van der Waals surface area contributed by atoms with Gasteiger partial charge in [-0.2, -0.15) is 4.28 Å². The number of rotatable bonds is 4. The summed E-state index contributed by atoms with van der Waals surface area (Å²) in [5.74, 6) is 0. The summed E-state index contributed by atoms with van der Waals surface area (Å²) in [6, 6.07) is 7.28. The van der Waals surface area contributed by atoms with E-state index >= 15 is 0 Å². The van der Waals surface area contributed by atoms with E-state index in [9.17, 15) is 8.76 Å². The van der Waals surface area contributed by atoms with Crippen LogP contribution in [-0.4, -0.2) is 20.8 Å². The van der Waals surface area contributed by atoms with Gasteiger partial charge in [0.15, 0.2) is 0 Å². The predicted molar refractivity (Wildman–Crippen MR) is 66.0 cm³/mol. The third kappa shape index (κ3) is 3.10. The molecule has 0 aliphatic rings. The van der Waals surface area contributed by atoms with E-state index in [1.54, 1.807) is 11.6 Å². The van der Waals surface area contributed by atoms with Gasteiger partial charge < -0.3 is 4.55 Å². The van der Waals surface area contributed by atoms with E-state index < -0.39 is 11.4 Å². The molecule has 17 heavy (non-hydrogen) atoms. The van der Waals surface area contributed by atoms with Crippen LogP contribution in [-0.2, 0) is 15.6 Å². The summed E-state index contributed by atoms with van der Waals surface area (Å²) in [5, 5.41) is 3.10. The summed E-state index contributed by atoms with van der Waals surface area (Å²) in [6.07, 6.45) is 0. The lowest BCUT2D eigenvalue weighted by atomic mass is 10.1. The summed E-state index contributed by atoms with van der Waals surface area (Å²) in [5.41, 5.74) is 4.15. The molecule has 7 heteroatoms. The second-order valence-corrected chi connectivity index (χ2v) is 4.48. The number of anilines is 1. The van der Waals surface area contributed by atoms with Gasteiger partial charge in [0.25, 0.3) is 0 Å². The topological polar surface area (TPSA) is 65.5 Å². The van der Waals surface area contributed by atoms with Gasteiger partial charge in [-0.3, -0.25) is 0 Å². The lowest BCUT2D eigenvalue weighted by Gasteiger charge is -2.19. The minimum absolute atomic E-state index is 0.639. The van der Waals surface area contributed by atoms with Crippen LogP contribution in [0.5, 0.6) is 0 Å². The lowest BCUT2D eigenvalue weighted by Crippen LogP contribution is -2.18. The molecule has 0 saturated carbocycles. The average molecular weight is 269 g/mol. The lowest BCUT2D eigenvalue weighted by molar-refractivity contribution is 0.289. The highest BCUT2D eigenvalue weighted by atomic mass is 32.2. The van der Waals surface area contributed by atoms with E-state index in [1.165, 1.54) is 23.4 Å². The molecule has 0 bridgehead atoms. The van der Waals surface area contributed by atoms with Crippen LogP contribution in [0.25, 0.3) is 11.3 Å². The molecule has 0 aliphatic carbocycles. The molecule has 90 valence electrons. The van der Waals surface area contributed by atoms with E-state index in [0.717, 1.165) is 11.3 Å². The molecule has 0 aliphatic heterocycles. The summed E-state index contributed by atoms with van der Waals surface area (Å²) < 4.78 is 25.4. The van der Waals surface area contributed by atoms with Crippen molar-refractivity contribution in [3.8, 4) is 11.3 Å². The number of hydrogen-bond donors (Lipinski definition) is 0. The van der Waals surface area contributed by atoms with Gasteiger partial charge in [0.05, 0.1) is 16.9 Å². The van der Waals surface area contributed by atoms with Crippen molar-refractivity contribution in [3.05, 3.63) is 35.2 Å². The molecule has 0 saturated heterocycles. The van der Waals surface area contributed by atoms with Crippen molar-refractivity contribution in [2.24, 2.45) is 0 Å². The Hall–Kier alpha value is -1.28. The maximum absolute atomic E-state index is 10.4. The largest absolute Gasteiger partial charge is 0.748 e. The maximum atomic E-state index is 10.4. The number of hydroxylamine groups is 1. The molecule has 0 spiro atoms. The van der Waals surface area contributed by atoms with Gasteiger partial charge in [0.1, 0.15) is 11.4 Å². The predicted octanol–water partition coefficient (Wildman–Crippen LogP) is 1.97. The highest BCUT2D eigenvalue weighted by Gasteiger charge is 2.05. The van der Waals surface area contributed by atoms with Crippen molar-refractivity contribution in [2.75, 3.05) is 12.1 Å². The second kappa shape index (κ2) is 5.37. The smallest absolute Gasteiger partial charge is 0.112 e. The zero-order valence-corrected chi connectivity index (χ0v) is 10.5. The first-order valence-electron chi connectivity index (χ1n) is 4.67. The Balaban J connectivity index is 2.25. The second-order valence-electron chi connectivity index (χ2n) is 3.20. The van der Waals surface area contributed by atoms with Crippen LogP contribution in [0.2, 0.25) is 0 Å². The number of benzene rings is 1. The summed E-state index contributed by atoms with van der Waals surface area (Å²) in [7, 11) is 1.52.